The van der Waals surface area contributed by atoms with Crippen molar-refractivity contribution < 1.29 is 14.7 Å². The first kappa shape index (κ1) is 9.69. The molecule has 0 aromatic carbocycles. The first-order valence-electron chi connectivity index (χ1n) is 5.05. The van der Waals surface area contributed by atoms with Gasteiger partial charge < -0.3 is 5.11 Å². The minimum atomic E-state index is -1.10. The zero-order valence-corrected chi connectivity index (χ0v) is 8.89. The normalized spacial score (nSPS) is 44.4. The highest BCUT2D eigenvalue weighted by molar-refractivity contribution is 6.07. The minimum Gasteiger partial charge on any atom is -0.480 e. The van der Waals surface area contributed by atoms with Gasteiger partial charge in [0, 0.05) is 6.42 Å². The van der Waals surface area contributed by atoms with Crippen LogP contribution in [-0.2, 0) is 9.59 Å². The molecule has 2 rings (SSSR count). The summed E-state index contributed by atoms with van der Waals surface area (Å²) in [6.07, 6.45) is 1.81. The lowest BCUT2D eigenvalue weighted by Gasteiger charge is -2.36. The average Bonchev–Trinajstić information content (AvgIpc) is 2.29. The van der Waals surface area contributed by atoms with Crippen molar-refractivity contribution in [1.82, 2.24) is 0 Å². The van der Waals surface area contributed by atoms with E-state index in [0.29, 0.717) is 12.8 Å². The fourth-order valence-electron chi connectivity index (χ4n) is 3.40. The molecule has 3 heteroatoms. The standard InChI is InChI=1S/C11H16O3/c1-9(2)10(3)4-5-11(9,8(13)14)7(12)6-10/h4-6H2,1-3H3,(H,13,14). The molecule has 3 nitrogen and oxygen atoms in total. The summed E-state index contributed by atoms with van der Waals surface area (Å²) in [6.45, 7) is 5.90. The largest absolute Gasteiger partial charge is 0.480 e. The predicted octanol–water partition coefficient (Wildman–Crippen LogP) is 1.86. The van der Waals surface area contributed by atoms with E-state index in [0.717, 1.165) is 6.42 Å². The van der Waals surface area contributed by atoms with Crippen molar-refractivity contribution in [3.63, 3.8) is 0 Å². The van der Waals surface area contributed by atoms with Crippen molar-refractivity contribution in [2.24, 2.45) is 16.2 Å². The third-order valence-electron chi connectivity index (χ3n) is 5.02. The molecular formula is C11H16O3. The molecule has 2 unspecified atom stereocenters. The van der Waals surface area contributed by atoms with E-state index in [2.05, 4.69) is 0 Å². The number of fused-ring (bicyclic) bond motifs is 2. The Balaban J connectivity index is 2.62. The van der Waals surface area contributed by atoms with Crippen LogP contribution in [0.3, 0.4) is 0 Å². The summed E-state index contributed by atoms with van der Waals surface area (Å²) < 4.78 is 0. The second-order valence-electron chi connectivity index (χ2n) is 5.50. The fraction of sp³-hybridized carbons (Fsp3) is 0.818. The van der Waals surface area contributed by atoms with Gasteiger partial charge in [0.2, 0.25) is 0 Å². The van der Waals surface area contributed by atoms with E-state index < -0.39 is 16.8 Å². The molecule has 0 aliphatic heterocycles. The van der Waals surface area contributed by atoms with E-state index in [4.69, 9.17) is 0 Å². The van der Waals surface area contributed by atoms with E-state index >= 15 is 0 Å². The van der Waals surface area contributed by atoms with Gasteiger partial charge in [0.25, 0.3) is 0 Å². The molecule has 2 saturated carbocycles. The molecule has 0 radical (unpaired) electrons. The lowest BCUT2D eigenvalue weighted by molar-refractivity contribution is -0.158. The lowest BCUT2D eigenvalue weighted by atomic mass is 9.65. The number of Topliss-reactive ketones (excluding diaryl/α,β-unsaturated/α-hetero) is 1. The van der Waals surface area contributed by atoms with Gasteiger partial charge in [-0.3, -0.25) is 9.59 Å². The molecule has 2 fully saturated rings. The maximum atomic E-state index is 11.8. The zero-order valence-electron chi connectivity index (χ0n) is 8.89. The molecule has 0 aromatic rings. The molecule has 2 aliphatic rings. The third kappa shape index (κ3) is 0.677. The number of hydrogen-bond acceptors (Lipinski definition) is 2. The quantitative estimate of drug-likeness (QED) is 0.651. The maximum Gasteiger partial charge on any atom is 0.317 e. The first-order valence-corrected chi connectivity index (χ1v) is 5.05. The Bertz CT molecular complexity index is 331. The van der Waals surface area contributed by atoms with Crippen LogP contribution in [0.2, 0.25) is 0 Å². The highest BCUT2D eigenvalue weighted by atomic mass is 16.4. The summed E-state index contributed by atoms with van der Waals surface area (Å²) in [7, 11) is 0. The Morgan fingerprint density at radius 1 is 1.29 bits per heavy atom. The van der Waals surface area contributed by atoms with Crippen LogP contribution in [0.25, 0.3) is 0 Å². The first-order chi connectivity index (χ1) is 6.28. The molecule has 0 aromatic heterocycles. The summed E-state index contributed by atoms with van der Waals surface area (Å²) in [4.78, 5) is 23.2. The molecule has 2 bridgehead atoms. The van der Waals surface area contributed by atoms with E-state index in [1.165, 1.54) is 0 Å². The second kappa shape index (κ2) is 2.20. The van der Waals surface area contributed by atoms with Gasteiger partial charge in [-0.1, -0.05) is 20.8 Å². The number of ketones is 1. The van der Waals surface area contributed by atoms with Crippen LogP contribution in [0.4, 0.5) is 0 Å². The van der Waals surface area contributed by atoms with Crippen LogP contribution >= 0.6 is 0 Å². The van der Waals surface area contributed by atoms with Crippen molar-refractivity contribution in [3.05, 3.63) is 0 Å². The maximum absolute atomic E-state index is 11.8. The summed E-state index contributed by atoms with van der Waals surface area (Å²) in [5, 5.41) is 9.29. The van der Waals surface area contributed by atoms with Crippen LogP contribution in [0.1, 0.15) is 40.0 Å². The summed E-state index contributed by atoms with van der Waals surface area (Å²) in [6, 6.07) is 0. The van der Waals surface area contributed by atoms with Gasteiger partial charge in [0.15, 0.2) is 5.78 Å². The number of carboxylic acid groups (broad SMARTS) is 1. The number of carbonyl (C=O) groups excluding carboxylic acids is 1. The second-order valence-corrected chi connectivity index (χ2v) is 5.50. The highest BCUT2D eigenvalue weighted by Gasteiger charge is 2.73. The van der Waals surface area contributed by atoms with Crippen LogP contribution < -0.4 is 0 Å². The lowest BCUT2D eigenvalue weighted by Crippen LogP contribution is -2.44. The molecule has 0 spiro atoms. The molecule has 1 N–H and O–H groups in total. The third-order valence-corrected chi connectivity index (χ3v) is 5.02. The molecule has 0 heterocycles. The van der Waals surface area contributed by atoms with E-state index in [1.807, 2.05) is 20.8 Å². The van der Waals surface area contributed by atoms with Gasteiger partial charge in [-0.25, -0.2) is 0 Å². The van der Waals surface area contributed by atoms with Gasteiger partial charge in [0.05, 0.1) is 0 Å². The van der Waals surface area contributed by atoms with Gasteiger partial charge in [-0.05, 0) is 23.7 Å². The average molecular weight is 196 g/mol. The van der Waals surface area contributed by atoms with Crippen molar-refractivity contribution in [2.45, 2.75) is 40.0 Å². The number of hydrogen-bond donors (Lipinski definition) is 1. The molecule has 78 valence electrons. The summed E-state index contributed by atoms with van der Waals surface area (Å²) >= 11 is 0. The van der Waals surface area contributed by atoms with Gasteiger partial charge in [-0.2, -0.15) is 0 Å². The Morgan fingerprint density at radius 3 is 2.07 bits per heavy atom. The Hall–Kier alpha value is -0.860. The van der Waals surface area contributed by atoms with Crippen molar-refractivity contribution in [1.29, 1.82) is 0 Å². The Labute approximate surface area is 83.5 Å². The van der Waals surface area contributed by atoms with Crippen LogP contribution in [-0.4, -0.2) is 16.9 Å². The number of carboxylic acids is 1. The van der Waals surface area contributed by atoms with Crippen LogP contribution in [0.5, 0.6) is 0 Å². The summed E-state index contributed by atoms with van der Waals surface area (Å²) in [5.41, 5.74) is -1.60. The number of rotatable bonds is 1. The Morgan fingerprint density at radius 2 is 1.86 bits per heavy atom. The van der Waals surface area contributed by atoms with Gasteiger partial charge in [0.1, 0.15) is 5.41 Å². The molecular weight excluding hydrogens is 180 g/mol. The molecule has 0 amide bonds. The predicted molar refractivity (Wildman–Crippen MR) is 50.8 cm³/mol. The number of carbonyl (C=O) groups is 2. The topological polar surface area (TPSA) is 54.4 Å². The van der Waals surface area contributed by atoms with Crippen LogP contribution in [0, 0.1) is 16.2 Å². The number of aliphatic carboxylic acids is 1. The SMILES string of the molecule is CC12CCC(C(=O)O)(C(=O)C1)C2(C)C. The zero-order chi connectivity index (χ0) is 10.8. The minimum absolute atomic E-state index is 0.0660. The van der Waals surface area contributed by atoms with E-state index in [-0.39, 0.29) is 11.2 Å². The van der Waals surface area contributed by atoms with Gasteiger partial charge in [-0.15, -0.1) is 0 Å². The van der Waals surface area contributed by atoms with Crippen molar-refractivity contribution >= 4 is 11.8 Å². The molecule has 2 aliphatic carbocycles. The van der Waals surface area contributed by atoms with Crippen molar-refractivity contribution in [3.8, 4) is 0 Å². The van der Waals surface area contributed by atoms with Gasteiger partial charge >= 0.3 is 5.97 Å². The summed E-state index contributed by atoms with van der Waals surface area (Å²) in [5.74, 6) is -0.988. The van der Waals surface area contributed by atoms with E-state index in [9.17, 15) is 14.7 Å². The Kier molecular flexibility index (Phi) is 1.53. The van der Waals surface area contributed by atoms with E-state index in [1.54, 1.807) is 0 Å². The fourth-order valence-corrected chi connectivity index (χ4v) is 3.40. The molecule has 14 heavy (non-hydrogen) atoms. The molecule has 2 atom stereocenters. The van der Waals surface area contributed by atoms with Crippen molar-refractivity contribution in [2.75, 3.05) is 0 Å². The monoisotopic (exact) mass is 196 g/mol. The highest BCUT2D eigenvalue weighted by Crippen LogP contribution is 2.70. The smallest absolute Gasteiger partial charge is 0.317 e. The van der Waals surface area contributed by atoms with Crippen LogP contribution in [0.15, 0.2) is 0 Å². The molecule has 0 saturated heterocycles.